The molecule has 2 N–H and O–H groups in total. The van der Waals surface area contributed by atoms with Crippen molar-refractivity contribution in [2.45, 2.75) is 33.1 Å². The van der Waals surface area contributed by atoms with Crippen LogP contribution >= 0.6 is 0 Å². The van der Waals surface area contributed by atoms with Gasteiger partial charge in [-0.2, -0.15) is 0 Å². The first-order valence-corrected chi connectivity index (χ1v) is 5.00. The van der Waals surface area contributed by atoms with Crippen LogP contribution in [-0.2, 0) is 0 Å². The fourth-order valence-corrected chi connectivity index (χ4v) is 1.13. The maximum Gasteiger partial charge on any atom is -0.00772 e. The monoisotopic (exact) mass is 179 g/mol. The first-order chi connectivity index (χ1) is 6.35. The van der Waals surface area contributed by atoms with Crippen LogP contribution in [0.2, 0.25) is 0 Å². The summed E-state index contributed by atoms with van der Waals surface area (Å²) in [5, 5.41) is 0. The number of nitrogens with two attached hydrogens (primary N) is 1. The van der Waals surface area contributed by atoms with E-state index in [0.29, 0.717) is 0 Å². The minimum absolute atomic E-state index is 0.802. The number of hydrogen-bond donors (Lipinski definition) is 1. The van der Waals surface area contributed by atoms with Crippen LogP contribution in [0.25, 0.3) is 0 Å². The Labute approximate surface area is 82.0 Å². The summed E-state index contributed by atoms with van der Waals surface area (Å²) in [4.78, 5) is 0. The number of hydrogen-bond acceptors (Lipinski definition) is 1. The molecule has 0 aliphatic heterocycles. The van der Waals surface area contributed by atoms with Crippen molar-refractivity contribution in [3.8, 4) is 0 Å². The molecule has 1 nitrogen and oxygen atoms in total. The fourth-order valence-electron chi connectivity index (χ4n) is 1.13. The Hall–Kier alpha value is -0.820. The van der Waals surface area contributed by atoms with Gasteiger partial charge < -0.3 is 5.73 Å². The average molecular weight is 179 g/mol. The molecule has 0 saturated heterocycles. The van der Waals surface area contributed by atoms with Crippen molar-refractivity contribution < 1.29 is 0 Å². The van der Waals surface area contributed by atoms with Gasteiger partial charge in [-0.1, -0.05) is 30.4 Å². The molecule has 0 aliphatic carbocycles. The Kier molecular flexibility index (Phi) is 8.68. The number of rotatable bonds is 6. The predicted octanol–water partition coefficient (Wildman–Crippen LogP) is 3.19. The van der Waals surface area contributed by atoms with Gasteiger partial charge in [-0.3, -0.25) is 0 Å². The lowest BCUT2D eigenvalue weighted by molar-refractivity contribution is 0.757. The van der Waals surface area contributed by atoms with Crippen LogP contribution in [0.3, 0.4) is 0 Å². The van der Waals surface area contributed by atoms with Crippen molar-refractivity contribution in [3.63, 3.8) is 0 Å². The molecule has 0 fully saturated rings. The summed E-state index contributed by atoms with van der Waals surface area (Å²) in [6, 6.07) is 0. The van der Waals surface area contributed by atoms with E-state index in [9.17, 15) is 0 Å². The average Bonchev–Trinajstić information content (AvgIpc) is 2.13. The topological polar surface area (TPSA) is 26.0 Å². The molecule has 0 aromatic heterocycles. The molecule has 74 valence electrons. The van der Waals surface area contributed by atoms with Crippen molar-refractivity contribution in [2.75, 3.05) is 6.54 Å². The second-order valence-electron chi connectivity index (χ2n) is 2.99. The summed E-state index contributed by atoms with van der Waals surface area (Å²) in [6.07, 6.45) is 14.1. The summed E-state index contributed by atoms with van der Waals surface area (Å²) in [7, 11) is 0. The molecule has 0 atom stereocenters. The summed E-state index contributed by atoms with van der Waals surface area (Å²) in [5.41, 5.74) is 6.71. The zero-order chi connectivity index (χ0) is 9.94. The van der Waals surface area contributed by atoms with Gasteiger partial charge in [0, 0.05) is 0 Å². The van der Waals surface area contributed by atoms with Crippen LogP contribution in [0, 0.1) is 0 Å². The molecule has 0 saturated carbocycles. The standard InChI is InChI=1S/C12H21N/c1-3-8-12(9-4-2)10-6-5-7-11-13/h3-4,8-10H,5-7,11,13H2,1-2H3. The van der Waals surface area contributed by atoms with Crippen LogP contribution in [0.15, 0.2) is 36.0 Å². The lowest BCUT2D eigenvalue weighted by atomic mass is 10.1. The van der Waals surface area contributed by atoms with Crippen molar-refractivity contribution in [1.29, 1.82) is 0 Å². The lowest BCUT2D eigenvalue weighted by Gasteiger charge is -1.95. The van der Waals surface area contributed by atoms with E-state index >= 15 is 0 Å². The largest absolute Gasteiger partial charge is 0.330 e. The van der Waals surface area contributed by atoms with Gasteiger partial charge in [0.1, 0.15) is 0 Å². The molecular formula is C12H21N. The molecule has 1 heteroatoms. The Morgan fingerprint density at radius 2 is 1.69 bits per heavy atom. The second kappa shape index (κ2) is 9.27. The van der Waals surface area contributed by atoms with Gasteiger partial charge >= 0.3 is 0 Å². The first-order valence-electron chi connectivity index (χ1n) is 5.00. The highest BCUT2D eigenvalue weighted by atomic mass is 14.5. The SMILES string of the molecule is CC=CC(C=CC)=CCCCCN. The third-order valence-electron chi connectivity index (χ3n) is 1.76. The Morgan fingerprint density at radius 3 is 2.15 bits per heavy atom. The highest BCUT2D eigenvalue weighted by Crippen LogP contribution is 2.04. The van der Waals surface area contributed by atoms with E-state index in [1.165, 1.54) is 12.0 Å². The molecule has 0 amide bonds. The van der Waals surface area contributed by atoms with E-state index in [4.69, 9.17) is 5.73 Å². The fraction of sp³-hybridized carbons (Fsp3) is 0.500. The summed E-state index contributed by atoms with van der Waals surface area (Å²) < 4.78 is 0. The summed E-state index contributed by atoms with van der Waals surface area (Å²) in [6.45, 7) is 4.88. The van der Waals surface area contributed by atoms with E-state index < -0.39 is 0 Å². The summed E-state index contributed by atoms with van der Waals surface area (Å²) in [5.74, 6) is 0. The smallest absolute Gasteiger partial charge is 0.00772 e. The number of unbranched alkanes of at least 4 members (excludes halogenated alkanes) is 2. The molecule has 0 radical (unpaired) electrons. The molecule has 0 heterocycles. The lowest BCUT2D eigenvalue weighted by Crippen LogP contribution is -1.97. The minimum Gasteiger partial charge on any atom is -0.330 e. The van der Waals surface area contributed by atoms with Gasteiger partial charge in [-0.05, 0) is 45.2 Å². The van der Waals surface area contributed by atoms with Gasteiger partial charge in [-0.25, -0.2) is 0 Å². The summed E-state index contributed by atoms with van der Waals surface area (Å²) >= 11 is 0. The van der Waals surface area contributed by atoms with Crippen LogP contribution in [0.4, 0.5) is 0 Å². The Morgan fingerprint density at radius 1 is 1.08 bits per heavy atom. The normalized spacial score (nSPS) is 11.3. The Bertz CT molecular complexity index is 173. The van der Waals surface area contributed by atoms with Crippen LogP contribution in [0.5, 0.6) is 0 Å². The number of allylic oxidation sites excluding steroid dienone is 6. The van der Waals surface area contributed by atoms with Gasteiger partial charge in [0.25, 0.3) is 0 Å². The molecule has 0 rings (SSSR count). The van der Waals surface area contributed by atoms with E-state index in [2.05, 4.69) is 30.4 Å². The molecule has 0 unspecified atom stereocenters. The zero-order valence-corrected chi connectivity index (χ0v) is 8.79. The van der Waals surface area contributed by atoms with Crippen LogP contribution < -0.4 is 5.73 Å². The first kappa shape index (κ1) is 12.2. The molecule has 0 aromatic rings. The quantitative estimate of drug-likeness (QED) is 0.492. The van der Waals surface area contributed by atoms with Crippen molar-refractivity contribution in [3.05, 3.63) is 36.0 Å². The maximum absolute atomic E-state index is 5.41. The van der Waals surface area contributed by atoms with Gasteiger partial charge in [0.05, 0.1) is 0 Å². The van der Waals surface area contributed by atoms with E-state index in [1.807, 2.05) is 13.8 Å². The van der Waals surface area contributed by atoms with Crippen LogP contribution in [0.1, 0.15) is 33.1 Å². The van der Waals surface area contributed by atoms with Gasteiger partial charge in [-0.15, -0.1) is 0 Å². The third-order valence-corrected chi connectivity index (χ3v) is 1.76. The second-order valence-corrected chi connectivity index (χ2v) is 2.99. The minimum atomic E-state index is 0.802. The molecule has 0 bridgehead atoms. The van der Waals surface area contributed by atoms with E-state index in [1.54, 1.807) is 0 Å². The molecule has 0 spiro atoms. The van der Waals surface area contributed by atoms with Crippen molar-refractivity contribution >= 4 is 0 Å². The molecule has 13 heavy (non-hydrogen) atoms. The van der Waals surface area contributed by atoms with E-state index in [0.717, 1.165) is 19.4 Å². The van der Waals surface area contributed by atoms with Gasteiger partial charge in [0.2, 0.25) is 0 Å². The highest BCUT2D eigenvalue weighted by molar-refractivity contribution is 5.29. The third kappa shape index (κ3) is 7.54. The van der Waals surface area contributed by atoms with Crippen molar-refractivity contribution in [2.24, 2.45) is 5.73 Å². The van der Waals surface area contributed by atoms with Crippen molar-refractivity contribution in [1.82, 2.24) is 0 Å². The van der Waals surface area contributed by atoms with Gasteiger partial charge in [0.15, 0.2) is 0 Å². The van der Waals surface area contributed by atoms with E-state index in [-0.39, 0.29) is 0 Å². The molecule has 0 aromatic carbocycles. The molecular weight excluding hydrogens is 158 g/mol. The molecule has 0 aliphatic rings. The maximum atomic E-state index is 5.41. The highest BCUT2D eigenvalue weighted by Gasteiger charge is 1.86. The van der Waals surface area contributed by atoms with Crippen LogP contribution in [-0.4, -0.2) is 6.54 Å². The zero-order valence-electron chi connectivity index (χ0n) is 8.79. The predicted molar refractivity (Wildman–Crippen MR) is 60.6 cm³/mol. The Balaban J connectivity index is 3.89.